The summed E-state index contributed by atoms with van der Waals surface area (Å²) in [7, 11) is 0. The van der Waals surface area contributed by atoms with E-state index in [-0.39, 0.29) is 23.6 Å². The number of phenolic OH excluding ortho intramolecular Hbond substituents is 1. The lowest BCUT2D eigenvalue weighted by molar-refractivity contribution is 0.0533. The number of carbonyl (C=O) groups excluding carboxylic acids is 1. The number of nitrogens with one attached hydrogen (secondary N) is 2. The molecule has 1 amide bonds. The first-order chi connectivity index (χ1) is 13.1. The van der Waals surface area contributed by atoms with Crippen molar-refractivity contribution in [2.24, 2.45) is 5.92 Å². The quantitative estimate of drug-likeness (QED) is 0.605. The van der Waals surface area contributed by atoms with E-state index in [1.165, 1.54) is 17.7 Å². The first-order valence-electron chi connectivity index (χ1n) is 9.66. The molecule has 2 aromatic carbocycles. The van der Waals surface area contributed by atoms with Crippen LogP contribution >= 0.6 is 0 Å². The molecule has 3 unspecified atom stereocenters. The Balaban J connectivity index is 1.65. The molecule has 2 aromatic rings. The highest BCUT2D eigenvalue weighted by atomic mass is 16.3. The second-order valence-electron chi connectivity index (χ2n) is 7.23. The minimum absolute atomic E-state index is 0.0445. The number of piperidine rings is 1. The average Bonchev–Trinajstić information content (AvgIpc) is 2.69. The van der Waals surface area contributed by atoms with E-state index >= 15 is 0 Å². The lowest BCUT2D eigenvalue weighted by atomic mass is 9.84. The smallest absolute Gasteiger partial charge is 0.251 e. The molecule has 0 radical (unpaired) electrons. The van der Waals surface area contributed by atoms with Gasteiger partial charge < -0.3 is 20.8 Å². The van der Waals surface area contributed by atoms with Gasteiger partial charge in [-0.3, -0.25) is 4.79 Å². The zero-order chi connectivity index (χ0) is 19.1. The van der Waals surface area contributed by atoms with Gasteiger partial charge in [-0.2, -0.15) is 0 Å². The third kappa shape index (κ3) is 5.55. The fourth-order valence-corrected chi connectivity index (χ4v) is 3.76. The van der Waals surface area contributed by atoms with E-state index in [4.69, 9.17) is 0 Å². The van der Waals surface area contributed by atoms with Crippen LogP contribution in [0.2, 0.25) is 0 Å². The van der Waals surface area contributed by atoms with Crippen LogP contribution < -0.4 is 10.6 Å². The summed E-state index contributed by atoms with van der Waals surface area (Å²) in [6.45, 7) is 1.42. The molecule has 0 aliphatic carbocycles. The minimum atomic E-state index is -0.458. The number of amides is 1. The van der Waals surface area contributed by atoms with Gasteiger partial charge in [-0.15, -0.1) is 0 Å². The van der Waals surface area contributed by atoms with E-state index in [2.05, 4.69) is 22.8 Å². The summed E-state index contributed by atoms with van der Waals surface area (Å²) in [6.07, 6.45) is 3.10. The first-order valence-corrected chi connectivity index (χ1v) is 9.66. The molecular formula is C22H28N2O3. The summed E-state index contributed by atoms with van der Waals surface area (Å²) in [6, 6.07) is 16.5. The van der Waals surface area contributed by atoms with Gasteiger partial charge in [-0.1, -0.05) is 30.3 Å². The second kappa shape index (κ2) is 9.53. The maximum Gasteiger partial charge on any atom is 0.251 e. The highest BCUT2D eigenvalue weighted by molar-refractivity contribution is 5.94. The Morgan fingerprint density at radius 2 is 1.89 bits per heavy atom. The molecule has 0 saturated carbocycles. The maximum atomic E-state index is 12.7. The number of β-amino-alcohol motifs (C(OH)–C–C–N with tert-alkyl or cyclic N) is 1. The Labute approximate surface area is 160 Å². The summed E-state index contributed by atoms with van der Waals surface area (Å²) in [5.41, 5.74) is 1.80. The predicted octanol–water partition coefficient (Wildman–Crippen LogP) is 2.48. The standard InChI is InChI=1S/C22H28N2O3/c25-18-11-9-17(10-12-18)22(27)24-20(19-13-14-23-15-21(19)26)8-4-7-16-5-2-1-3-6-16/h1-3,5-6,9-12,19-21,23,25-26H,4,7-8,13-15H2,(H,24,27). The predicted molar refractivity (Wildman–Crippen MR) is 106 cm³/mol. The van der Waals surface area contributed by atoms with E-state index in [0.717, 1.165) is 32.2 Å². The van der Waals surface area contributed by atoms with E-state index in [1.807, 2.05) is 18.2 Å². The number of rotatable bonds is 7. The van der Waals surface area contributed by atoms with Crippen LogP contribution in [0.4, 0.5) is 0 Å². The Kier molecular flexibility index (Phi) is 6.85. The summed E-state index contributed by atoms with van der Waals surface area (Å²) in [5.74, 6) is 0.0215. The molecule has 1 aliphatic rings. The van der Waals surface area contributed by atoms with Crippen molar-refractivity contribution < 1.29 is 15.0 Å². The van der Waals surface area contributed by atoms with Crippen molar-refractivity contribution in [3.63, 3.8) is 0 Å². The lowest BCUT2D eigenvalue weighted by Gasteiger charge is -2.35. The van der Waals surface area contributed by atoms with Gasteiger partial charge in [0.1, 0.15) is 5.75 Å². The molecule has 144 valence electrons. The summed E-state index contributed by atoms with van der Waals surface area (Å²) >= 11 is 0. The average molecular weight is 368 g/mol. The van der Waals surface area contributed by atoms with Crippen molar-refractivity contribution >= 4 is 5.91 Å². The van der Waals surface area contributed by atoms with Crippen molar-refractivity contribution in [3.05, 3.63) is 65.7 Å². The van der Waals surface area contributed by atoms with Gasteiger partial charge in [0.15, 0.2) is 0 Å². The molecule has 0 aromatic heterocycles. The first kappa shape index (κ1) is 19.4. The van der Waals surface area contributed by atoms with Crippen molar-refractivity contribution in [2.45, 2.75) is 37.8 Å². The maximum absolute atomic E-state index is 12.7. The molecule has 1 aliphatic heterocycles. The highest BCUT2D eigenvalue weighted by Crippen LogP contribution is 2.22. The third-order valence-corrected chi connectivity index (χ3v) is 5.29. The largest absolute Gasteiger partial charge is 0.508 e. The molecule has 0 spiro atoms. The van der Waals surface area contributed by atoms with E-state index in [9.17, 15) is 15.0 Å². The number of benzene rings is 2. The van der Waals surface area contributed by atoms with Gasteiger partial charge in [0.05, 0.1) is 6.10 Å². The van der Waals surface area contributed by atoms with Gasteiger partial charge in [0.2, 0.25) is 0 Å². The van der Waals surface area contributed by atoms with Crippen LogP contribution in [0.5, 0.6) is 5.75 Å². The number of aromatic hydroxyl groups is 1. The Morgan fingerprint density at radius 1 is 1.15 bits per heavy atom. The van der Waals surface area contributed by atoms with Crippen LogP contribution in [-0.2, 0) is 6.42 Å². The van der Waals surface area contributed by atoms with Crippen LogP contribution in [0, 0.1) is 5.92 Å². The number of hydrogen-bond acceptors (Lipinski definition) is 4. The second-order valence-corrected chi connectivity index (χ2v) is 7.23. The zero-order valence-corrected chi connectivity index (χ0v) is 15.5. The molecule has 1 fully saturated rings. The van der Waals surface area contributed by atoms with Crippen molar-refractivity contribution in [3.8, 4) is 5.75 Å². The Bertz CT molecular complexity index is 718. The monoisotopic (exact) mass is 368 g/mol. The van der Waals surface area contributed by atoms with Crippen LogP contribution in [0.25, 0.3) is 0 Å². The molecule has 1 saturated heterocycles. The van der Waals surface area contributed by atoms with E-state index in [0.29, 0.717) is 12.1 Å². The van der Waals surface area contributed by atoms with Gasteiger partial charge in [0, 0.05) is 24.1 Å². The zero-order valence-electron chi connectivity index (χ0n) is 15.5. The molecule has 5 heteroatoms. The fourth-order valence-electron chi connectivity index (χ4n) is 3.76. The summed E-state index contributed by atoms with van der Waals surface area (Å²) in [5, 5.41) is 26.2. The van der Waals surface area contributed by atoms with E-state index in [1.54, 1.807) is 12.1 Å². The topological polar surface area (TPSA) is 81.6 Å². The van der Waals surface area contributed by atoms with Crippen molar-refractivity contribution in [2.75, 3.05) is 13.1 Å². The Morgan fingerprint density at radius 3 is 2.59 bits per heavy atom. The summed E-state index contributed by atoms with van der Waals surface area (Å²) in [4.78, 5) is 12.7. The SMILES string of the molecule is O=C(NC(CCCc1ccccc1)C1CCNCC1O)c1ccc(O)cc1. The molecule has 27 heavy (non-hydrogen) atoms. The van der Waals surface area contributed by atoms with Gasteiger partial charge in [0.25, 0.3) is 5.91 Å². The van der Waals surface area contributed by atoms with Crippen LogP contribution in [0.15, 0.2) is 54.6 Å². The number of aliphatic hydroxyl groups is 1. The summed E-state index contributed by atoms with van der Waals surface area (Å²) < 4.78 is 0. The van der Waals surface area contributed by atoms with Crippen molar-refractivity contribution in [1.29, 1.82) is 0 Å². The number of aliphatic hydroxyl groups excluding tert-OH is 1. The molecule has 0 bridgehead atoms. The molecular weight excluding hydrogens is 340 g/mol. The number of carbonyl (C=O) groups is 1. The number of aryl methyl sites for hydroxylation is 1. The van der Waals surface area contributed by atoms with Crippen LogP contribution in [0.1, 0.15) is 35.2 Å². The van der Waals surface area contributed by atoms with Crippen molar-refractivity contribution in [1.82, 2.24) is 10.6 Å². The normalized spacial score (nSPS) is 20.8. The molecule has 1 heterocycles. The molecule has 3 rings (SSSR count). The lowest BCUT2D eigenvalue weighted by Crippen LogP contribution is -2.51. The molecule has 4 N–H and O–H groups in total. The van der Waals surface area contributed by atoms with Gasteiger partial charge in [-0.25, -0.2) is 0 Å². The Hall–Kier alpha value is -2.37. The fraction of sp³-hybridized carbons (Fsp3) is 0.409. The van der Waals surface area contributed by atoms with Gasteiger partial charge >= 0.3 is 0 Å². The highest BCUT2D eigenvalue weighted by Gasteiger charge is 2.31. The van der Waals surface area contributed by atoms with Crippen LogP contribution in [0.3, 0.4) is 0 Å². The third-order valence-electron chi connectivity index (χ3n) is 5.29. The van der Waals surface area contributed by atoms with E-state index < -0.39 is 6.10 Å². The minimum Gasteiger partial charge on any atom is -0.508 e. The molecule has 3 atom stereocenters. The van der Waals surface area contributed by atoms with Gasteiger partial charge in [-0.05, 0) is 62.1 Å². The molecule has 5 nitrogen and oxygen atoms in total. The van der Waals surface area contributed by atoms with Crippen LogP contribution in [-0.4, -0.2) is 41.4 Å². The number of phenols is 1. The number of hydrogen-bond donors (Lipinski definition) is 4.